The molecule has 1 aliphatic carbocycles. The highest BCUT2D eigenvalue weighted by atomic mass is 16.2. The summed E-state index contributed by atoms with van der Waals surface area (Å²) in [5.74, 6) is 1.60. The van der Waals surface area contributed by atoms with E-state index in [4.69, 9.17) is 0 Å². The molecule has 1 aromatic carbocycles. The molecule has 0 saturated heterocycles. The lowest BCUT2D eigenvalue weighted by Gasteiger charge is -2.26. The Morgan fingerprint density at radius 2 is 2.08 bits per heavy atom. The molecule has 0 spiro atoms. The molecule has 4 rings (SSSR count). The average molecular weight is 324 g/mol. The Balaban J connectivity index is 1.47. The van der Waals surface area contributed by atoms with Gasteiger partial charge in [0.05, 0.1) is 0 Å². The lowest BCUT2D eigenvalue weighted by molar-refractivity contribution is -0.123. The van der Waals surface area contributed by atoms with Crippen molar-refractivity contribution < 1.29 is 4.79 Å². The summed E-state index contributed by atoms with van der Waals surface area (Å²) in [4.78, 5) is 17.2. The average Bonchev–Trinajstić information content (AvgIpc) is 3.28. The Hall–Kier alpha value is -2.14. The molecule has 1 aromatic heterocycles. The highest BCUT2D eigenvalue weighted by Gasteiger charge is 2.29. The molecule has 2 aromatic rings. The Morgan fingerprint density at radius 1 is 1.25 bits per heavy atom. The number of hydrogen-bond acceptors (Lipinski definition) is 3. The number of fused-ring (bicyclic) bond motifs is 1. The van der Waals surface area contributed by atoms with Crippen molar-refractivity contribution in [3.05, 3.63) is 54.1 Å². The molecule has 2 aliphatic rings. The molecule has 0 bridgehead atoms. The molecule has 126 valence electrons. The number of carbonyl (C=O) groups is 1. The summed E-state index contributed by atoms with van der Waals surface area (Å²) in [6, 6.07) is 10.1. The van der Waals surface area contributed by atoms with Gasteiger partial charge in [0.2, 0.25) is 5.91 Å². The van der Waals surface area contributed by atoms with Crippen molar-refractivity contribution in [2.45, 2.75) is 50.2 Å². The predicted octanol–water partition coefficient (Wildman–Crippen LogP) is 2.37. The fourth-order valence-electron chi connectivity index (χ4n) is 3.48. The first-order valence-corrected chi connectivity index (χ1v) is 8.91. The van der Waals surface area contributed by atoms with Crippen LogP contribution in [0.4, 0.5) is 0 Å². The molecule has 0 unspecified atom stereocenters. The third-order valence-electron chi connectivity index (χ3n) is 4.95. The summed E-state index contributed by atoms with van der Waals surface area (Å²) in [5.41, 5.74) is 1.02. The van der Waals surface area contributed by atoms with Crippen molar-refractivity contribution in [3.63, 3.8) is 0 Å². The molecule has 24 heavy (non-hydrogen) atoms. The molecule has 5 nitrogen and oxygen atoms in total. The lowest BCUT2D eigenvalue weighted by Crippen LogP contribution is -2.40. The number of benzene rings is 1. The van der Waals surface area contributed by atoms with Crippen molar-refractivity contribution in [1.82, 2.24) is 20.2 Å². The van der Waals surface area contributed by atoms with Gasteiger partial charge in [-0.05, 0) is 31.2 Å². The third kappa shape index (κ3) is 3.36. The van der Waals surface area contributed by atoms with E-state index >= 15 is 0 Å². The number of aromatic nitrogens is 2. The van der Waals surface area contributed by atoms with Gasteiger partial charge >= 0.3 is 0 Å². The molecule has 1 fully saturated rings. The molecule has 2 N–H and O–H groups in total. The van der Waals surface area contributed by atoms with E-state index in [-0.39, 0.29) is 11.9 Å². The molecular formula is C19H24N4O. The Labute approximate surface area is 142 Å². The Kier molecular flexibility index (Phi) is 4.34. The van der Waals surface area contributed by atoms with Crippen LogP contribution in [0, 0.1) is 0 Å². The summed E-state index contributed by atoms with van der Waals surface area (Å²) >= 11 is 0. The maximum Gasteiger partial charge on any atom is 0.241 e. The zero-order chi connectivity index (χ0) is 16.4. The number of aryl methyl sites for hydroxylation is 1. The number of imidazole rings is 1. The fourth-order valence-corrected chi connectivity index (χ4v) is 3.48. The minimum atomic E-state index is -0.294. The second kappa shape index (κ2) is 6.77. The van der Waals surface area contributed by atoms with Gasteiger partial charge in [0.15, 0.2) is 0 Å². The molecule has 2 atom stereocenters. The van der Waals surface area contributed by atoms with Crippen molar-refractivity contribution in [2.24, 2.45) is 0 Å². The van der Waals surface area contributed by atoms with Crippen LogP contribution in [0.15, 0.2) is 42.7 Å². The van der Waals surface area contributed by atoms with Crippen LogP contribution in [-0.2, 0) is 11.3 Å². The van der Waals surface area contributed by atoms with Crippen molar-refractivity contribution in [1.29, 1.82) is 0 Å². The van der Waals surface area contributed by atoms with Gasteiger partial charge < -0.3 is 15.2 Å². The van der Waals surface area contributed by atoms with Crippen LogP contribution < -0.4 is 10.6 Å². The largest absolute Gasteiger partial charge is 0.352 e. The normalized spacial score (nSPS) is 21.1. The predicted molar refractivity (Wildman–Crippen MR) is 92.6 cm³/mol. The van der Waals surface area contributed by atoms with Gasteiger partial charge in [0, 0.05) is 37.4 Å². The van der Waals surface area contributed by atoms with E-state index in [2.05, 4.69) is 26.4 Å². The van der Waals surface area contributed by atoms with Gasteiger partial charge in [-0.1, -0.05) is 30.3 Å². The molecule has 1 amide bonds. The van der Waals surface area contributed by atoms with E-state index in [0.29, 0.717) is 12.0 Å². The van der Waals surface area contributed by atoms with Crippen molar-refractivity contribution in [3.8, 4) is 0 Å². The van der Waals surface area contributed by atoms with Crippen LogP contribution in [0.5, 0.6) is 0 Å². The number of hydrogen-bond donors (Lipinski definition) is 2. The van der Waals surface area contributed by atoms with E-state index < -0.39 is 0 Å². The maximum atomic E-state index is 12.7. The van der Waals surface area contributed by atoms with E-state index in [1.165, 1.54) is 6.42 Å². The first-order valence-electron chi connectivity index (χ1n) is 8.91. The van der Waals surface area contributed by atoms with Gasteiger partial charge in [0.1, 0.15) is 11.9 Å². The zero-order valence-corrected chi connectivity index (χ0v) is 13.8. The molecule has 1 aliphatic heterocycles. The molecule has 5 heteroatoms. The summed E-state index contributed by atoms with van der Waals surface area (Å²) in [6.07, 6.45) is 8.43. The first-order chi connectivity index (χ1) is 11.8. The quantitative estimate of drug-likeness (QED) is 0.858. The van der Waals surface area contributed by atoms with Crippen LogP contribution in [-0.4, -0.2) is 28.0 Å². The van der Waals surface area contributed by atoms with E-state index in [1.807, 2.05) is 36.5 Å². The maximum absolute atomic E-state index is 12.7. The smallest absolute Gasteiger partial charge is 0.241 e. The van der Waals surface area contributed by atoms with Crippen molar-refractivity contribution >= 4 is 5.91 Å². The second-order valence-corrected chi connectivity index (χ2v) is 6.85. The van der Waals surface area contributed by atoms with Gasteiger partial charge in [-0.3, -0.25) is 4.79 Å². The number of nitrogens with zero attached hydrogens (tertiary/aromatic N) is 2. The topological polar surface area (TPSA) is 59.0 Å². The highest BCUT2D eigenvalue weighted by molar-refractivity contribution is 5.83. The monoisotopic (exact) mass is 324 g/mol. The molecule has 0 radical (unpaired) electrons. The summed E-state index contributed by atoms with van der Waals surface area (Å²) < 4.78 is 2.23. The minimum Gasteiger partial charge on any atom is -0.352 e. The number of nitrogens with one attached hydrogen (secondary N) is 2. The Bertz CT molecular complexity index is 692. The molecule has 2 heterocycles. The summed E-state index contributed by atoms with van der Waals surface area (Å²) in [5, 5.41) is 6.64. The van der Waals surface area contributed by atoms with Crippen LogP contribution in [0.25, 0.3) is 0 Å². The van der Waals surface area contributed by atoms with E-state index in [9.17, 15) is 4.79 Å². The SMILES string of the molecule is O=C(NC1CC1)[C@H](NC[C@@H]1CCCn2ccnc21)c1ccccc1. The van der Waals surface area contributed by atoms with Gasteiger partial charge in [-0.2, -0.15) is 0 Å². The molecular weight excluding hydrogens is 300 g/mol. The summed E-state index contributed by atoms with van der Waals surface area (Å²) in [7, 11) is 0. The third-order valence-corrected chi connectivity index (χ3v) is 4.95. The second-order valence-electron chi connectivity index (χ2n) is 6.85. The summed E-state index contributed by atoms with van der Waals surface area (Å²) in [6.45, 7) is 1.82. The first kappa shape index (κ1) is 15.4. The van der Waals surface area contributed by atoms with Gasteiger partial charge in [0.25, 0.3) is 0 Å². The van der Waals surface area contributed by atoms with Crippen LogP contribution in [0.3, 0.4) is 0 Å². The van der Waals surface area contributed by atoms with Gasteiger partial charge in [-0.15, -0.1) is 0 Å². The van der Waals surface area contributed by atoms with E-state index in [0.717, 1.165) is 43.7 Å². The van der Waals surface area contributed by atoms with Gasteiger partial charge in [-0.25, -0.2) is 4.98 Å². The van der Waals surface area contributed by atoms with Crippen molar-refractivity contribution in [2.75, 3.05) is 6.54 Å². The number of rotatable bonds is 6. The zero-order valence-electron chi connectivity index (χ0n) is 13.8. The van der Waals surface area contributed by atoms with E-state index in [1.54, 1.807) is 0 Å². The standard InChI is InChI=1S/C19H24N4O/c24-19(22-16-8-9-16)17(14-5-2-1-3-6-14)21-13-15-7-4-11-23-12-10-20-18(15)23/h1-3,5-6,10,12,15-17,21H,4,7-9,11,13H2,(H,22,24)/t15-,17+/m0/s1. The van der Waals surface area contributed by atoms with Crippen LogP contribution >= 0.6 is 0 Å². The molecule has 1 saturated carbocycles. The minimum absolute atomic E-state index is 0.0860. The van der Waals surface area contributed by atoms with Crippen LogP contribution in [0.2, 0.25) is 0 Å². The highest BCUT2D eigenvalue weighted by Crippen LogP contribution is 2.26. The lowest BCUT2D eigenvalue weighted by atomic mass is 9.97. The number of amides is 1. The fraction of sp³-hybridized carbons (Fsp3) is 0.474. The number of carbonyl (C=O) groups excluding carboxylic acids is 1. The van der Waals surface area contributed by atoms with Crippen LogP contribution in [0.1, 0.15) is 49.0 Å². The Morgan fingerprint density at radius 3 is 2.88 bits per heavy atom.